The summed E-state index contributed by atoms with van der Waals surface area (Å²) in [7, 11) is 4.58. The molecular formula is C12H17NO4. The quantitative estimate of drug-likeness (QED) is 0.705. The Labute approximate surface area is 101 Å². The number of hydrogen-bond acceptors (Lipinski definition) is 4. The van der Waals surface area contributed by atoms with Gasteiger partial charge in [-0.15, -0.1) is 0 Å². The van der Waals surface area contributed by atoms with Crippen LogP contribution in [0.5, 0.6) is 11.5 Å². The van der Waals surface area contributed by atoms with Gasteiger partial charge < -0.3 is 9.47 Å². The van der Waals surface area contributed by atoms with Gasteiger partial charge in [0.15, 0.2) is 11.5 Å². The minimum Gasteiger partial charge on any atom is -0.493 e. The Hall–Kier alpha value is -1.75. The Morgan fingerprint density at radius 2 is 1.88 bits per heavy atom. The van der Waals surface area contributed by atoms with Crippen molar-refractivity contribution in [3.05, 3.63) is 24.3 Å². The van der Waals surface area contributed by atoms with Gasteiger partial charge >= 0.3 is 0 Å². The lowest BCUT2D eigenvalue weighted by molar-refractivity contribution is -0.169. The van der Waals surface area contributed by atoms with Crippen LogP contribution in [0.25, 0.3) is 0 Å². The smallest absolute Gasteiger partial charge is 0.249 e. The summed E-state index contributed by atoms with van der Waals surface area (Å²) in [4.78, 5) is 16.2. The number of amides is 1. The molecule has 1 aromatic carbocycles. The Morgan fingerprint density at radius 3 is 2.47 bits per heavy atom. The lowest BCUT2D eigenvalue weighted by atomic mass is 10.3. The SMILES string of the molecule is COc1ccccc1OCCC(=O)N(C)OC. The summed E-state index contributed by atoms with van der Waals surface area (Å²) >= 11 is 0. The predicted molar refractivity (Wildman–Crippen MR) is 62.9 cm³/mol. The molecule has 0 heterocycles. The van der Waals surface area contributed by atoms with E-state index in [9.17, 15) is 4.79 Å². The van der Waals surface area contributed by atoms with Gasteiger partial charge in [-0.2, -0.15) is 0 Å². The number of hydroxylamine groups is 2. The second kappa shape index (κ2) is 6.75. The van der Waals surface area contributed by atoms with Gasteiger partial charge in [-0.3, -0.25) is 9.63 Å². The summed E-state index contributed by atoms with van der Waals surface area (Å²) < 4.78 is 10.6. The maximum absolute atomic E-state index is 11.4. The van der Waals surface area contributed by atoms with Crippen LogP contribution in [0.4, 0.5) is 0 Å². The first-order valence-corrected chi connectivity index (χ1v) is 5.25. The molecule has 0 saturated carbocycles. The van der Waals surface area contributed by atoms with E-state index in [-0.39, 0.29) is 18.9 Å². The zero-order valence-corrected chi connectivity index (χ0v) is 10.3. The molecule has 0 bridgehead atoms. The molecule has 0 aliphatic carbocycles. The molecule has 0 saturated heterocycles. The zero-order valence-electron chi connectivity index (χ0n) is 10.3. The fourth-order valence-electron chi connectivity index (χ4n) is 1.25. The number of carbonyl (C=O) groups is 1. The third kappa shape index (κ3) is 3.96. The molecule has 0 atom stereocenters. The van der Waals surface area contributed by atoms with Crippen LogP contribution in [0.1, 0.15) is 6.42 Å². The fourth-order valence-corrected chi connectivity index (χ4v) is 1.25. The average Bonchev–Trinajstić information content (AvgIpc) is 2.38. The van der Waals surface area contributed by atoms with Crippen molar-refractivity contribution in [2.24, 2.45) is 0 Å². The van der Waals surface area contributed by atoms with Crippen molar-refractivity contribution in [1.82, 2.24) is 5.06 Å². The summed E-state index contributed by atoms with van der Waals surface area (Å²) in [6, 6.07) is 7.30. The number of ether oxygens (including phenoxy) is 2. The molecule has 5 heteroatoms. The minimum absolute atomic E-state index is 0.137. The summed E-state index contributed by atoms with van der Waals surface area (Å²) in [5, 5.41) is 1.17. The molecule has 1 amide bonds. The first-order chi connectivity index (χ1) is 8.19. The minimum atomic E-state index is -0.137. The molecule has 0 aromatic heterocycles. The standard InChI is InChI=1S/C12H17NO4/c1-13(16-3)12(14)8-9-17-11-7-5-4-6-10(11)15-2/h4-7H,8-9H2,1-3H3. The molecule has 0 unspecified atom stereocenters. The molecule has 0 spiro atoms. The van der Waals surface area contributed by atoms with Crippen LogP contribution < -0.4 is 9.47 Å². The van der Waals surface area contributed by atoms with Gasteiger partial charge in [0.05, 0.1) is 27.2 Å². The Morgan fingerprint density at radius 1 is 1.24 bits per heavy atom. The number of hydrogen-bond donors (Lipinski definition) is 0. The van der Waals surface area contributed by atoms with Gasteiger partial charge in [-0.25, -0.2) is 5.06 Å². The average molecular weight is 239 g/mol. The summed E-state index contributed by atoms with van der Waals surface area (Å²) in [6.45, 7) is 0.285. The zero-order chi connectivity index (χ0) is 12.7. The largest absolute Gasteiger partial charge is 0.493 e. The maximum atomic E-state index is 11.4. The van der Waals surface area contributed by atoms with Gasteiger partial charge in [0.2, 0.25) is 5.91 Å². The molecular weight excluding hydrogens is 222 g/mol. The monoisotopic (exact) mass is 239 g/mol. The van der Waals surface area contributed by atoms with Crippen LogP contribution in [0.3, 0.4) is 0 Å². The van der Waals surface area contributed by atoms with E-state index in [4.69, 9.17) is 14.3 Å². The summed E-state index contributed by atoms with van der Waals surface area (Å²) in [5.74, 6) is 1.14. The van der Waals surface area contributed by atoms with Crippen LogP contribution in [0.15, 0.2) is 24.3 Å². The van der Waals surface area contributed by atoms with Gasteiger partial charge in [0.1, 0.15) is 0 Å². The molecule has 0 N–H and O–H groups in total. The van der Waals surface area contributed by atoms with E-state index in [0.717, 1.165) is 0 Å². The number of rotatable bonds is 6. The van der Waals surface area contributed by atoms with Crippen LogP contribution in [-0.2, 0) is 9.63 Å². The van der Waals surface area contributed by atoms with E-state index in [2.05, 4.69) is 0 Å². The van der Waals surface area contributed by atoms with Crippen molar-refractivity contribution in [1.29, 1.82) is 0 Å². The third-order valence-corrected chi connectivity index (χ3v) is 2.27. The van der Waals surface area contributed by atoms with E-state index in [1.807, 2.05) is 12.1 Å². The first-order valence-electron chi connectivity index (χ1n) is 5.25. The van der Waals surface area contributed by atoms with Crippen molar-refractivity contribution >= 4 is 5.91 Å². The number of carbonyl (C=O) groups excluding carboxylic acids is 1. The van der Waals surface area contributed by atoms with Crippen molar-refractivity contribution in [2.75, 3.05) is 27.9 Å². The first kappa shape index (κ1) is 13.3. The molecule has 5 nitrogen and oxygen atoms in total. The molecule has 0 aliphatic rings. The van der Waals surface area contributed by atoms with E-state index < -0.39 is 0 Å². The number of para-hydroxylation sites is 2. The molecule has 0 fully saturated rings. The highest BCUT2D eigenvalue weighted by atomic mass is 16.7. The molecule has 1 rings (SSSR count). The van der Waals surface area contributed by atoms with E-state index in [0.29, 0.717) is 11.5 Å². The van der Waals surface area contributed by atoms with E-state index >= 15 is 0 Å². The van der Waals surface area contributed by atoms with Crippen molar-refractivity contribution in [3.8, 4) is 11.5 Å². The van der Waals surface area contributed by atoms with Crippen LogP contribution in [0, 0.1) is 0 Å². The fraction of sp³-hybridized carbons (Fsp3) is 0.417. The normalized spacial score (nSPS) is 9.82. The van der Waals surface area contributed by atoms with Crippen molar-refractivity contribution in [2.45, 2.75) is 6.42 Å². The molecule has 94 valence electrons. The van der Waals surface area contributed by atoms with E-state index in [1.54, 1.807) is 26.3 Å². The molecule has 17 heavy (non-hydrogen) atoms. The highest BCUT2D eigenvalue weighted by Gasteiger charge is 2.09. The Bertz CT molecular complexity index is 367. The lowest BCUT2D eigenvalue weighted by Crippen LogP contribution is -2.26. The summed E-state index contributed by atoms with van der Waals surface area (Å²) in [6.07, 6.45) is 0.252. The molecule has 0 radical (unpaired) electrons. The number of benzene rings is 1. The highest BCUT2D eigenvalue weighted by Crippen LogP contribution is 2.25. The summed E-state index contributed by atoms with van der Waals surface area (Å²) in [5.41, 5.74) is 0. The third-order valence-electron chi connectivity index (χ3n) is 2.27. The maximum Gasteiger partial charge on any atom is 0.249 e. The number of methoxy groups -OCH3 is 1. The number of nitrogens with zero attached hydrogens (tertiary/aromatic N) is 1. The van der Waals surface area contributed by atoms with Gasteiger partial charge in [-0.1, -0.05) is 12.1 Å². The van der Waals surface area contributed by atoms with Crippen LogP contribution in [0.2, 0.25) is 0 Å². The molecule has 1 aromatic rings. The van der Waals surface area contributed by atoms with Crippen molar-refractivity contribution < 1.29 is 19.1 Å². The Kier molecular flexibility index (Phi) is 5.29. The van der Waals surface area contributed by atoms with E-state index in [1.165, 1.54) is 12.2 Å². The van der Waals surface area contributed by atoms with Crippen molar-refractivity contribution in [3.63, 3.8) is 0 Å². The Balaban J connectivity index is 2.43. The van der Waals surface area contributed by atoms with Gasteiger partial charge in [0, 0.05) is 7.05 Å². The second-order valence-electron chi connectivity index (χ2n) is 3.32. The highest BCUT2D eigenvalue weighted by molar-refractivity contribution is 5.74. The lowest BCUT2D eigenvalue weighted by Gasteiger charge is -2.14. The van der Waals surface area contributed by atoms with Gasteiger partial charge in [0.25, 0.3) is 0 Å². The second-order valence-corrected chi connectivity index (χ2v) is 3.32. The topological polar surface area (TPSA) is 48.0 Å². The molecule has 0 aliphatic heterocycles. The predicted octanol–water partition coefficient (Wildman–Crippen LogP) is 1.48. The van der Waals surface area contributed by atoms with Crippen LogP contribution in [-0.4, -0.2) is 38.8 Å². The van der Waals surface area contributed by atoms with Gasteiger partial charge in [-0.05, 0) is 12.1 Å². The van der Waals surface area contributed by atoms with Crippen LogP contribution >= 0.6 is 0 Å².